The molecule has 1 aliphatic heterocycles. The maximum absolute atomic E-state index is 12.8. The molecule has 3 rings (SSSR count). The van der Waals surface area contributed by atoms with Crippen LogP contribution in [0, 0.1) is 0 Å². The molecule has 0 aromatic carbocycles. The molecule has 1 aromatic heterocycles. The first-order valence-corrected chi connectivity index (χ1v) is 9.51. The van der Waals surface area contributed by atoms with Crippen LogP contribution in [0.3, 0.4) is 0 Å². The van der Waals surface area contributed by atoms with Crippen molar-refractivity contribution in [3.05, 3.63) is 28.0 Å². The van der Waals surface area contributed by atoms with E-state index in [0.29, 0.717) is 37.9 Å². The summed E-state index contributed by atoms with van der Waals surface area (Å²) in [4.78, 5) is 39.9. The van der Waals surface area contributed by atoms with Crippen LogP contribution in [-0.4, -0.2) is 47.7 Å². The van der Waals surface area contributed by atoms with Gasteiger partial charge in [0.15, 0.2) is 5.78 Å². The Morgan fingerprint density at radius 3 is 2.88 bits per heavy atom. The maximum atomic E-state index is 12.8. The van der Waals surface area contributed by atoms with Gasteiger partial charge in [-0.2, -0.15) is 0 Å². The van der Waals surface area contributed by atoms with Crippen molar-refractivity contribution in [2.75, 3.05) is 13.1 Å². The number of nitrogens with two attached hydrogens (primary N) is 1. The van der Waals surface area contributed by atoms with Gasteiger partial charge in [-0.15, -0.1) is 11.3 Å². The van der Waals surface area contributed by atoms with Gasteiger partial charge in [0.1, 0.15) is 6.04 Å². The number of likely N-dealkylation sites (tertiary alicyclic amines) is 1. The second-order valence-electron chi connectivity index (χ2n) is 6.49. The summed E-state index contributed by atoms with van der Waals surface area (Å²) in [7, 11) is 0. The van der Waals surface area contributed by atoms with E-state index in [4.69, 9.17) is 5.73 Å². The third kappa shape index (κ3) is 3.67. The number of thiophene rings is 1. The van der Waals surface area contributed by atoms with Crippen molar-refractivity contribution < 1.29 is 14.4 Å². The van der Waals surface area contributed by atoms with E-state index in [1.165, 1.54) is 0 Å². The molecule has 7 heteroatoms. The predicted octanol–water partition coefficient (Wildman–Crippen LogP) is 1.32. The van der Waals surface area contributed by atoms with E-state index >= 15 is 0 Å². The smallest absolute Gasteiger partial charge is 0.242 e. The number of carbonyl (C=O) groups excluding carboxylic acids is 3. The lowest BCUT2D eigenvalue weighted by Gasteiger charge is -2.24. The van der Waals surface area contributed by atoms with Crippen LogP contribution in [0.4, 0.5) is 0 Å². The first-order valence-electron chi connectivity index (χ1n) is 8.63. The van der Waals surface area contributed by atoms with E-state index in [1.54, 1.807) is 16.2 Å². The highest BCUT2D eigenvalue weighted by atomic mass is 32.1. The Kier molecular flexibility index (Phi) is 5.34. The van der Waals surface area contributed by atoms with E-state index in [0.717, 1.165) is 10.5 Å². The van der Waals surface area contributed by atoms with E-state index in [2.05, 4.69) is 5.32 Å². The molecule has 1 fully saturated rings. The lowest BCUT2D eigenvalue weighted by molar-refractivity contribution is -0.138. The molecule has 2 atom stereocenters. The number of likely N-dealkylation sites (N-methyl/N-ethyl adjacent to an activating group) is 1. The Balaban J connectivity index is 1.79. The summed E-state index contributed by atoms with van der Waals surface area (Å²) < 4.78 is 0. The average molecular weight is 361 g/mol. The fourth-order valence-electron chi connectivity index (χ4n) is 3.57. The normalized spacial score (nSPS) is 23.4. The number of allylic oxidation sites excluding steroid dienone is 1. The molecule has 2 heterocycles. The van der Waals surface area contributed by atoms with Gasteiger partial charge in [0.05, 0.1) is 6.42 Å². The summed E-state index contributed by atoms with van der Waals surface area (Å²) in [5.74, 6) is -0.327. The molecule has 0 unspecified atom stereocenters. The zero-order valence-electron chi connectivity index (χ0n) is 14.3. The molecule has 6 nitrogen and oxygen atoms in total. The van der Waals surface area contributed by atoms with E-state index in [1.807, 2.05) is 24.4 Å². The second kappa shape index (κ2) is 7.49. The van der Waals surface area contributed by atoms with Crippen molar-refractivity contribution in [3.8, 4) is 0 Å². The molecular weight excluding hydrogens is 338 g/mol. The first-order chi connectivity index (χ1) is 12.0. The van der Waals surface area contributed by atoms with Crippen molar-refractivity contribution in [2.24, 2.45) is 5.73 Å². The van der Waals surface area contributed by atoms with Crippen molar-refractivity contribution in [1.29, 1.82) is 0 Å². The quantitative estimate of drug-likeness (QED) is 0.827. The Bertz CT molecular complexity index is 711. The van der Waals surface area contributed by atoms with E-state index < -0.39 is 6.04 Å². The number of nitrogens with zero attached hydrogens (tertiary/aromatic N) is 1. The zero-order valence-corrected chi connectivity index (χ0v) is 15.1. The fraction of sp³-hybridized carbons (Fsp3) is 0.500. The number of carbonyl (C=O) groups is 3. The predicted molar refractivity (Wildman–Crippen MR) is 96.9 cm³/mol. The molecule has 1 aromatic rings. The van der Waals surface area contributed by atoms with Crippen LogP contribution in [0.25, 0.3) is 5.57 Å². The Hall–Kier alpha value is -1.99. The Morgan fingerprint density at radius 1 is 1.40 bits per heavy atom. The highest BCUT2D eigenvalue weighted by molar-refractivity contribution is 7.11. The summed E-state index contributed by atoms with van der Waals surface area (Å²) in [5.41, 5.74) is 7.55. The fourth-order valence-corrected chi connectivity index (χ4v) is 4.40. The molecule has 0 bridgehead atoms. The van der Waals surface area contributed by atoms with Gasteiger partial charge in [0.25, 0.3) is 0 Å². The monoisotopic (exact) mass is 361 g/mol. The van der Waals surface area contributed by atoms with Crippen LogP contribution in [0.15, 0.2) is 23.1 Å². The molecule has 0 spiro atoms. The summed E-state index contributed by atoms with van der Waals surface area (Å²) in [5, 5.41) is 4.73. The topological polar surface area (TPSA) is 92.5 Å². The van der Waals surface area contributed by atoms with Crippen LogP contribution in [0.2, 0.25) is 0 Å². The molecule has 134 valence electrons. The molecule has 1 aliphatic carbocycles. The van der Waals surface area contributed by atoms with Crippen molar-refractivity contribution in [2.45, 2.75) is 44.7 Å². The number of ketones is 1. The third-order valence-corrected chi connectivity index (χ3v) is 5.69. The Morgan fingerprint density at radius 2 is 2.20 bits per heavy atom. The molecule has 2 amide bonds. The first kappa shape index (κ1) is 17.8. The number of amides is 2. The largest absolute Gasteiger partial charge is 0.355 e. The lowest BCUT2D eigenvalue weighted by atomic mass is 10.0. The van der Waals surface area contributed by atoms with Crippen LogP contribution in [0.5, 0.6) is 0 Å². The zero-order chi connectivity index (χ0) is 18.0. The molecule has 25 heavy (non-hydrogen) atoms. The molecular formula is C18H23N3O3S. The number of nitrogens with one attached hydrogen (secondary N) is 1. The number of Topliss-reactive ketones (excluding diaryl/α,β-unsaturated/α-hetero) is 1. The van der Waals surface area contributed by atoms with Gasteiger partial charge in [0.2, 0.25) is 11.8 Å². The second-order valence-corrected chi connectivity index (χ2v) is 7.43. The van der Waals surface area contributed by atoms with Crippen molar-refractivity contribution in [3.63, 3.8) is 0 Å². The van der Waals surface area contributed by atoms with Crippen LogP contribution in [-0.2, 0) is 14.4 Å². The molecule has 1 saturated heterocycles. The molecule has 3 N–H and O–H groups in total. The van der Waals surface area contributed by atoms with Gasteiger partial charge in [-0.25, -0.2) is 0 Å². The van der Waals surface area contributed by atoms with Gasteiger partial charge < -0.3 is 16.0 Å². The van der Waals surface area contributed by atoms with Gasteiger partial charge in [0, 0.05) is 36.0 Å². The minimum Gasteiger partial charge on any atom is -0.355 e. The van der Waals surface area contributed by atoms with Gasteiger partial charge in [-0.3, -0.25) is 14.4 Å². The average Bonchev–Trinajstić information content (AvgIpc) is 3.29. The summed E-state index contributed by atoms with van der Waals surface area (Å²) in [6.45, 7) is 2.71. The molecule has 0 saturated carbocycles. The number of hydrogen-bond acceptors (Lipinski definition) is 5. The summed E-state index contributed by atoms with van der Waals surface area (Å²) in [6.07, 6.45) is 1.65. The minimum absolute atomic E-state index is 0.0369. The minimum atomic E-state index is -0.537. The summed E-state index contributed by atoms with van der Waals surface area (Å²) in [6, 6.07) is 3.18. The van der Waals surface area contributed by atoms with E-state index in [9.17, 15) is 14.4 Å². The maximum Gasteiger partial charge on any atom is 0.242 e. The molecule has 2 aliphatic rings. The van der Waals surface area contributed by atoms with Gasteiger partial charge in [-0.05, 0) is 36.8 Å². The summed E-state index contributed by atoms with van der Waals surface area (Å²) >= 11 is 1.58. The Labute approximate surface area is 151 Å². The standard InChI is InChI=1S/C18H23N3O3S/c1-2-20-18(24)14-8-11(19)10-21(14)17(23)9-13-12(5-6-15(13)22)16-4-3-7-25-16/h3-4,7,11,14H,2,5-6,8-10,19H2,1H3,(H,20,24)/t11-,14+/m1/s1. The van der Waals surface area contributed by atoms with Crippen LogP contribution in [0.1, 0.15) is 37.5 Å². The van der Waals surface area contributed by atoms with Crippen LogP contribution >= 0.6 is 11.3 Å². The van der Waals surface area contributed by atoms with Crippen LogP contribution < -0.4 is 11.1 Å². The van der Waals surface area contributed by atoms with Gasteiger partial charge in [-0.1, -0.05) is 6.07 Å². The van der Waals surface area contributed by atoms with Crippen molar-refractivity contribution >= 4 is 34.5 Å². The van der Waals surface area contributed by atoms with Crippen molar-refractivity contribution in [1.82, 2.24) is 10.2 Å². The highest BCUT2D eigenvalue weighted by Gasteiger charge is 2.39. The number of hydrogen-bond donors (Lipinski definition) is 2. The van der Waals surface area contributed by atoms with E-state index in [-0.39, 0.29) is 30.1 Å². The molecule has 0 radical (unpaired) electrons. The number of rotatable bonds is 5. The van der Waals surface area contributed by atoms with Gasteiger partial charge >= 0.3 is 0 Å². The highest BCUT2D eigenvalue weighted by Crippen LogP contribution is 2.36. The third-order valence-electron chi connectivity index (χ3n) is 4.76. The SMILES string of the molecule is CCNC(=O)[C@@H]1C[C@@H](N)CN1C(=O)CC1=C(c2cccs2)CCC1=O. The lowest BCUT2D eigenvalue weighted by Crippen LogP contribution is -2.46.